The summed E-state index contributed by atoms with van der Waals surface area (Å²) in [5, 5.41) is 21.3. The van der Waals surface area contributed by atoms with Crippen molar-refractivity contribution in [3.05, 3.63) is 58.7 Å². The summed E-state index contributed by atoms with van der Waals surface area (Å²) >= 11 is 0. The number of carboxylic acids is 1. The Morgan fingerprint density at radius 3 is 2.41 bits per heavy atom. The van der Waals surface area contributed by atoms with Crippen molar-refractivity contribution in [2.24, 2.45) is 0 Å². The van der Waals surface area contributed by atoms with Crippen LogP contribution in [0.5, 0.6) is 11.5 Å². The largest absolute Gasteiger partial charge is 0.493 e. The fourth-order valence-corrected chi connectivity index (χ4v) is 2.71. The van der Waals surface area contributed by atoms with Crippen LogP contribution in [-0.4, -0.2) is 30.2 Å². The van der Waals surface area contributed by atoms with E-state index in [1.807, 2.05) is 26.0 Å². The molecule has 29 heavy (non-hydrogen) atoms. The maximum absolute atomic E-state index is 12.6. The van der Waals surface area contributed by atoms with Crippen LogP contribution in [0.4, 0.5) is 5.69 Å². The molecule has 2 aromatic rings. The van der Waals surface area contributed by atoms with Crippen LogP contribution in [0.2, 0.25) is 0 Å². The molecule has 2 N–H and O–H groups in total. The third-order valence-electron chi connectivity index (χ3n) is 4.02. The van der Waals surface area contributed by atoms with Crippen LogP contribution in [-0.2, 0) is 9.59 Å². The Hall–Kier alpha value is -3.79. The summed E-state index contributed by atoms with van der Waals surface area (Å²) in [6.45, 7) is 5.20. The summed E-state index contributed by atoms with van der Waals surface area (Å²) in [7, 11) is 1.42. The number of amides is 1. The van der Waals surface area contributed by atoms with Gasteiger partial charge < -0.3 is 19.9 Å². The average Bonchev–Trinajstić information content (AvgIpc) is 2.65. The SMILES string of the molecule is COc1cccc(/C=C(/C#N)C(=O)Nc2cc(C)cc(C)c2)c1O[C@H](C)C(=O)O. The number of rotatable bonds is 7. The second-order valence-electron chi connectivity index (χ2n) is 6.48. The monoisotopic (exact) mass is 394 g/mol. The topological polar surface area (TPSA) is 109 Å². The highest BCUT2D eigenvalue weighted by atomic mass is 16.5. The lowest BCUT2D eigenvalue weighted by atomic mass is 10.1. The van der Waals surface area contributed by atoms with E-state index in [2.05, 4.69) is 5.32 Å². The molecule has 150 valence electrons. The van der Waals surface area contributed by atoms with Crippen molar-refractivity contribution in [3.8, 4) is 17.6 Å². The summed E-state index contributed by atoms with van der Waals surface area (Å²) in [5.41, 5.74) is 2.73. The molecule has 0 aliphatic heterocycles. The summed E-state index contributed by atoms with van der Waals surface area (Å²) in [5.74, 6) is -1.31. The average molecular weight is 394 g/mol. The van der Waals surface area contributed by atoms with Crippen LogP contribution in [0.25, 0.3) is 6.08 Å². The summed E-state index contributed by atoms with van der Waals surface area (Å²) < 4.78 is 10.7. The molecule has 2 aromatic carbocycles. The Kier molecular flexibility index (Phi) is 6.99. The number of hydrogen-bond donors (Lipinski definition) is 2. The zero-order valence-corrected chi connectivity index (χ0v) is 16.6. The third kappa shape index (κ3) is 5.59. The number of carboxylic acid groups (broad SMARTS) is 1. The van der Waals surface area contributed by atoms with Crippen molar-refractivity contribution in [2.75, 3.05) is 12.4 Å². The summed E-state index contributed by atoms with van der Waals surface area (Å²) in [6, 6.07) is 12.3. The lowest BCUT2D eigenvalue weighted by Gasteiger charge is -2.16. The van der Waals surface area contributed by atoms with E-state index >= 15 is 0 Å². The number of anilines is 1. The van der Waals surface area contributed by atoms with Crippen LogP contribution in [0.1, 0.15) is 23.6 Å². The number of aliphatic carboxylic acids is 1. The second kappa shape index (κ2) is 9.42. The number of benzene rings is 2. The van der Waals surface area contributed by atoms with Crippen LogP contribution < -0.4 is 14.8 Å². The Morgan fingerprint density at radius 1 is 1.21 bits per heavy atom. The predicted molar refractivity (Wildman–Crippen MR) is 109 cm³/mol. The number of nitriles is 1. The van der Waals surface area contributed by atoms with Gasteiger partial charge >= 0.3 is 5.97 Å². The van der Waals surface area contributed by atoms with Crippen molar-refractivity contribution in [2.45, 2.75) is 26.9 Å². The van der Waals surface area contributed by atoms with E-state index in [0.717, 1.165) is 11.1 Å². The molecule has 7 nitrogen and oxygen atoms in total. The normalized spacial score (nSPS) is 11.9. The van der Waals surface area contributed by atoms with Crippen LogP contribution in [0, 0.1) is 25.2 Å². The highest BCUT2D eigenvalue weighted by Crippen LogP contribution is 2.33. The van der Waals surface area contributed by atoms with Crippen molar-refractivity contribution >= 4 is 23.6 Å². The van der Waals surface area contributed by atoms with Gasteiger partial charge in [-0.3, -0.25) is 4.79 Å². The first-order chi connectivity index (χ1) is 13.7. The molecule has 0 aliphatic carbocycles. The Balaban J connectivity index is 2.40. The number of hydrogen-bond acceptors (Lipinski definition) is 5. The molecule has 0 aliphatic rings. The number of aryl methyl sites for hydroxylation is 2. The maximum atomic E-state index is 12.6. The first-order valence-electron chi connectivity index (χ1n) is 8.83. The van der Waals surface area contributed by atoms with Crippen molar-refractivity contribution < 1.29 is 24.2 Å². The number of nitrogens with one attached hydrogen (secondary N) is 1. The first-order valence-corrected chi connectivity index (χ1v) is 8.83. The van der Waals surface area contributed by atoms with Crippen molar-refractivity contribution in [1.29, 1.82) is 5.26 Å². The first kappa shape index (κ1) is 21.5. The number of nitrogens with zero attached hydrogens (tertiary/aromatic N) is 1. The summed E-state index contributed by atoms with van der Waals surface area (Å²) in [4.78, 5) is 23.8. The molecule has 0 saturated carbocycles. The minimum absolute atomic E-state index is 0.136. The molecule has 0 heterocycles. The predicted octanol–water partition coefficient (Wildman–Crippen LogP) is 3.71. The van der Waals surface area contributed by atoms with Crippen LogP contribution >= 0.6 is 0 Å². The lowest BCUT2D eigenvalue weighted by molar-refractivity contribution is -0.144. The van der Waals surface area contributed by atoms with Gasteiger partial charge in [-0.25, -0.2) is 4.79 Å². The number of para-hydroxylation sites is 1. The van der Waals surface area contributed by atoms with Gasteiger partial charge in [0, 0.05) is 11.3 Å². The third-order valence-corrected chi connectivity index (χ3v) is 4.02. The molecule has 0 spiro atoms. The van der Waals surface area contributed by atoms with Gasteiger partial charge in [0.1, 0.15) is 11.6 Å². The molecule has 1 amide bonds. The van der Waals surface area contributed by atoms with Crippen molar-refractivity contribution in [1.82, 2.24) is 0 Å². The summed E-state index contributed by atoms with van der Waals surface area (Å²) in [6.07, 6.45) is 0.192. The smallest absolute Gasteiger partial charge is 0.344 e. The van der Waals surface area contributed by atoms with Gasteiger partial charge in [-0.2, -0.15) is 5.26 Å². The van der Waals surface area contributed by atoms with Gasteiger partial charge in [0.2, 0.25) is 0 Å². The number of carbonyl (C=O) groups is 2. The highest BCUT2D eigenvalue weighted by Gasteiger charge is 2.19. The molecule has 0 bridgehead atoms. The van der Waals surface area contributed by atoms with E-state index in [4.69, 9.17) is 14.6 Å². The number of ether oxygens (including phenoxy) is 2. The van der Waals surface area contributed by atoms with Gasteiger partial charge in [-0.15, -0.1) is 0 Å². The fourth-order valence-electron chi connectivity index (χ4n) is 2.71. The molecule has 2 rings (SSSR count). The quantitative estimate of drug-likeness (QED) is 0.547. The van der Waals surface area contributed by atoms with E-state index in [9.17, 15) is 14.9 Å². The number of methoxy groups -OCH3 is 1. The van der Waals surface area contributed by atoms with Crippen molar-refractivity contribution in [3.63, 3.8) is 0 Å². The minimum Gasteiger partial charge on any atom is -0.493 e. The Bertz CT molecular complexity index is 984. The molecule has 1 atom stereocenters. The van der Waals surface area contributed by atoms with Gasteiger partial charge in [0.25, 0.3) is 5.91 Å². The minimum atomic E-state index is -1.15. The van der Waals surface area contributed by atoms with Gasteiger partial charge in [0.15, 0.2) is 17.6 Å². The van der Waals surface area contributed by atoms with Gasteiger partial charge in [-0.1, -0.05) is 18.2 Å². The molecule has 0 aromatic heterocycles. The standard InChI is InChI=1S/C22H22N2O5/c1-13-8-14(2)10-18(9-13)24-21(25)17(12-23)11-16-6-5-7-19(28-4)20(16)29-15(3)22(26)27/h5-11,15H,1-4H3,(H,24,25)(H,26,27)/b17-11-/t15-/m1/s1. The zero-order valence-electron chi connectivity index (χ0n) is 16.6. The Morgan fingerprint density at radius 2 is 1.86 bits per heavy atom. The van der Waals surface area contributed by atoms with Crippen LogP contribution in [0.3, 0.4) is 0 Å². The fraction of sp³-hybridized carbons (Fsp3) is 0.227. The van der Waals surface area contributed by atoms with E-state index < -0.39 is 18.0 Å². The zero-order chi connectivity index (χ0) is 21.6. The molecule has 7 heteroatoms. The molecule has 0 fully saturated rings. The van der Waals surface area contributed by atoms with E-state index in [1.54, 1.807) is 30.3 Å². The lowest BCUT2D eigenvalue weighted by Crippen LogP contribution is -2.23. The van der Waals surface area contributed by atoms with Gasteiger partial charge in [0.05, 0.1) is 7.11 Å². The molecular formula is C22H22N2O5. The Labute approximate surface area is 169 Å². The molecule has 0 unspecified atom stereocenters. The van der Waals surface area contributed by atoms with E-state index in [-0.39, 0.29) is 11.3 Å². The second-order valence-corrected chi connectivity index (χ2v) is 6.48. The highest BCUT2D eigenvalue weighted by molar-refractivity contribution is 6.10. The van der Waals surface area contributed by atoms with Crippen LogP contribution in [0.15, 0.2) is 42.0 Å². The molecule has 0 saturated heterocycles. The number of carbonyl (C=O) groups excluding carboxylic acids is 1. The van der Waals surface area contributed by atoms with Gasteiger partial charge in [-0.05, 0) is 56.2 Å². The molecular weight excluding hydrogens is 372 g/mol. The maximum Gasteiger partial charge on any atom is 0.344 e. The van der Waals surface area contributed by atoms with E-state index in [0.29, 0.717) is 17.0 Å². The molecule has 0 radical (unpaired) electrons. The van der Waals surface area contributed by atoms with E-state index in [1.165, 1.54) is 20.1 Å².